The monoisotopic (exact) mass is 180 g/mol. The van der Waals surface area contributed by atoms with Crippen LogP contribution in [0.1, 0.15) is 13.8 Å². The fraction of sp³-hybridized carbons (Fsp3) is 0.571. The normalized spacial score (nSPS) is 14.5. The molecule has 0 fully saturated rings. The molecule has 12 heavy (non-hydrogen) atoms. The van der Waals surface area contributed by atoms with Crippen LogP contribution in [-0.2, 0) is 0 Å². The van der Waals surface area contributed by atoms with Crippen molar-refractivity contribution in [3.63, 3.8) is 0 Å². The van der Waals surface area contributed by atoms with E-state index in [0.717, 1.165) is 0 Å². The van der Waals surface area contributed by atoms with Gasteiger partial charge in [-0.2, -0.15) is 13.2 Å². The molecule has 2 nitrogen and oxygen atoms in total. The molecule has 0 rings (SSSR count). The summed E-state index contributed by atoms with van der Waals surface area (Å²) in [7, 11) is 0. The Morgan fingerprint density at radius 1 is 1.42 bits per heavy atom. The van der Waals surface area contributed by atoms with Crippen LogP contribution in [0.2, 0.25) is 0 Å². The third kappa shape index (κ3) is 2.56. The predicted octanol–water partition coefficient (Wildman–Crippen LogP) is 2.07. The quantitative estimate of drug-likeness (QED) is 0.628. The van der Waals surface area contributed by atoms with E-state index in [1.165, 1.54) is 0 Å². The molecule has 0 saturated heterocycles. The van der Waals surface area contributed by atoms with Crippen molar-refractivity contribution < 1.29 is 13.2 Å². The number of nitrogens with two attached hydrogens (primary N) is 1. The van der Waals surface area contributed by atoms with Crippen molar-refractivity contribution >= 4 is 6.21 Å². The lowest BCUT2D eigenvalue weighted by molar-refractivity contribution is -0.0868. The summed E-state index contributed by atoms with van der Waals surface area (Å²) in [5, 5.41) is 6.56. The van der Waals surface area contributed by atoms with Gasteiger partial charge in [0.1, 0.15) is 0 Å². The maximum absolute atomic E-state index is 12.0. The highest BCUT2D eigenvalue weighted by molar-refractivity contribution is 5.78. The van der Waals surface area contributed by atoms with E-state index in [-0.39, 0.29) is 11.9 Å². The largest absolute Gasteiger partial charge is 0.419 e. The van der Waals surface area contributed by atoms with Crippen molar-refractivity contribution in [2.24, 2.45) is 11.7 Å². The second-order valence-corrected chi connectivity index (χ2v) is 2.67. The summed E-state index contributed by atoms with van der Waals surface area (Å²) in [4.78, 5) is 0. The Kier molecular flexibility index (Phi) is 3.30. The number of allylic oxidation sites excluding steroid dienone is 2. The molecule has 70 valence electrons. The summed E-state index contributed by atoms with van der Waals surface area (Å²) >= 11 is 0. The molecule has 0 aromatic heterocycles. The summed E-state index contributed by atoms with van der Waals surface area (Å²) in [5.74, 6) is -0.400. The van der Waals surface area contributed by atoms with Crippen LogP contribution < -0.4 is 5.73 Å². The summed E-state index contributed by atoms with van der Waals surface area (Å²) in [6.07, 6.45) is -4.27. The van der Waals surface area contributed by atoms with Crippen molar-refractivity contribution in [1.29, 1.82) is 5.41 Å². The smallest absolute Gasteiger partial charge is 0.401 e. The van der Waals surface area contributed by atoms with Gasteiger partial charge in [0.25, 0.3) is 0 Å². The first-order valence-corrected chi connectivity index (χ1v) is 3.38. The van der Waals surface area contributed by atoms with Gasteiger partial charge in [-0.1, -0.05) is 13.8 Å². The third-order valence-electron chi connectivity index (χ3n) is 1.38. The van der Waals surface area contributed by atoms with Gasteiger partial charge in [0.2, 0.25) is 0 Å². The fourth-order valence-corrected chi connectivity index (χ4v) is 0.640. The van der Waals surface area contributed by atoms with Gasteiger partial charge in [-0.15, -0.1) is 0 Å². The molecule has 0 atom stereocenters. The predicted molar refractivity (Wildman–Crippen MR) is 40.9 cm³/mol. The van der Waals surface area contributed by atoms with Crippen LogP contribution in [-0.4, -0.2) is 12.4 Å². The highest BCUT2D eigenvalue weighted by Crippen LogP contribution is 2.27. The molecule has 0 bridgehead atoms. The molecule has 0 unspecified atom stereocenters. The second-order valence-electron chi connectivity index (χ2n) is 2.67. The first-order chi connectivity index (χ1) is 5.30. The van der Waals surface area contributed by atoms with Crippen LogP contribution >= 0.6 is 0 Å². The van der Waals surface area contributed by atoms with E-state index >= 15 is 0 Å². The Morgan fingerprint density at radius 3 is 1.92 bits per heavy atom. The van der Waals surface area contributed by atoms with E-state index in [1.807, 2.05) is 0 Å². The molecule has 0 radical (unpaired) electrons. The van der Waals surface area contributed by atoms with E-state index < -0.39 is 17.7 Å². The zero-order valence-corrected chi connectivity index (χ0v) is 6.87. The average Bonchev–Trinajstić information content (AvgIpc) is 1.85. The van der Waals surface area contributed by atoms with E-state index in [1.54, 1.807) is 13.8 Å². The lowest BCUT2D eigenvalue weighted by atomic mass is 10.1. The molecule has 5 heteroatoms. The number of hydrogen-bond acceptors (Lipinski definition) is 2. The van der Waals surface area contributed by atoms with E-state index in [0.29, 0.717) is 0 Å². The molecule has 0 aliphatic rings. The zero-order valence-electron chi connectivity index (χ0n) is 6.87. The number of nitrogens with one attached hydrogen (secondary N) is 1. The summed E-state index contributed by atoms with van der Waals surface area (Å²) in [6.45, 7) is 3.09. The molecule has 0 spiro atoms. The van der Waals surface area contributed by atoms with Gasteiger partial charge in [0.15, 0.2) is 0 Å². The van der Waals surface area contributed by atoms with Crippen LogP contribution in [0.3, 0.4) is 0 Å². The van der Waals surface area contributed by atoms with Gasteiger partial charge >= 0.3 is 6.18 Å². The van der Waals surface area contributed by atoms with E-state index in [2.05, 4.69) is 0 Å². The Hall–Kier alpha value is -1.00. The number of rotatable bonds is 2. The molecular formula is C7H11F3N2. The molecule has 0 heterocycles. The van der Waals surface area contributed by atoms with Crippen molar-refractivity contribution in [1.82, 2.24) is 0 Å². The van der Waals surface area contributed by atoms with Gasteiger partial charge in [-0.25, -0.2) is 0 Å². The first-order valence-electron chi connectivity index (χ1n) is 3.38. The molecule has 0 aliphatic carbocycles. The molecule has 0 aromatic rings. The molecule has 0 saturated carbocycles. The molecule has 0 aromatic carbocycles. The Bertz CT molecular complexity index is 203. The Morgan fingerprint density at radius 2 is 1.83 bits per heavy atom. The van der Waals surface area contributed by atoms with Crippen molar-refractivity contribution in [3.05, 3.63) is 11.3 Å². The van der Waals surface area contributed by atoms with Crippen LogP contribution in [0.15, 0.2) is 11.3 Å². The van der Waals surface area contributed by atoms with Crippen LogP contribution in [0.4, 0.5) is 13.2 Å². The molecule has 0 aliphatic heterocycles. The lowest BCUT2D eigenvalue weighted by Crippen LogP contribution is -2.21. The molecular weight excluding hydrogens is 169 g/mol. The maximum atomic E-state index is 12.0. The van der Waals surface area contributed by atoms with Crippen molar-refractivity contribution in [2.75, 3.05) is 0 Å². The van der Waals surface area contributed by atoms with Crippen molar-refractivity contribution in [3.8, 4) is 0 Å². The minimum absolute atomic E-state index is 0.245. The van der Waals surface area contributed by atoms with E-state index in [9.17, 15) is 13.2 Å². The minimum atomic E-state index is -4.52. The minimum Gasteiger partial charge on any atom is -0.401 e. The molecule has 3 N–H and O–H groups in total. The molecule has 0 amide bonds. The number of halogens is 3. The van der Waals surface area contributed by atoms with Crippen molar-refractivity contribution in [2.45, 2.75) is 20.0 Å². The second kappa shape index (κ2) is 3.60. The van der Waals surface area contributed by atoms with Gasteiger partial charge in [-0.3, -0.25) is 0 Å². The standard InChI is InChI=1S/C7H11F3N2/c1-4(2)6(12)5(3-11)7(8,9)10/h3-4,11H,12H2,1-2H3. The Labute approximate surface area is 68.8 Å². The van der Waals surface area contributed by atoms with Gasteiger partial charge in [0, 0.05) is 11.9 Å². The van der Waals surface area contributed by atoms with Crippen LogP contribution in [0.25, 0.3) is 0 Å². The SMILES string of the molecule is CC(C)C(N)=C(C=N)C(F)(F)F. The van der Waals surface area contributed by atoms with Gasteiger partial charge in [0.05, 0.1) is 5.57 Å². The van der Waals surface area contributed by atoms with E-state index in [4.69, 9.17) is 11.1 Å². The summed E-state index contributed by atoms with van der Waals surface area (Å²) in [6, 6.07) is 0. The van der Waals surface area contributed by atoms with Gasteiger partial charge < -0.3 is 11.1 Å². The average molecular weight is 180 g/mol. The fourth-order valence-electron chi connectivity index (χ4n) is 0.640. The summed E-state index contributed by atoms with van der Waals surface area (Å²) < 4.78 is 36.1. The summed E-state index contributed by atoms with van der Waals surface area (Å²) in [5.41, 5.74) is 3.81. The number of hydrogen-bond donors (Lipinski definition) is 2. The Balaban J connectivity index is 5.00. The third-order valence-corrected chi connectivity index (χ3v) is 1.38. The lowest BCUT2D eigenvalue weighted by Gasteiger charge is -2.13. The van der Waals surface area contributed by atoms with Crippen LogP contribution in [0.5, 0.6) is 0 Å². The highest BCUT2D eigenvalue weighted by atomic mass is 19.4. The number of alkyl halides is 3. The van der Waals surface area contributed by atoms with Crippen LogP contribution in [0, 0.1) is 11.3 Å². The first kappa shape index (κ1) is 11.0. The highest BCUT2D eigenvalue weighted by Gasteiger charge is 2.34. The maximum Gasteiger partial charge on any atom is 0.419 e. The zero-order chi connectivity index (χ0) is 9.94. The topological polar surface area (TPSA) is 49.9 Å². The van der Waals surface area contributed by atoms with Gasteiger partial charge in [-0.05, 0) is 5.92 Å².